The Labute approximate surface area is 87.4 Å². The summed E-state index contributed by atoms with van der Waals surface area (Å²) in [6, 6.07) is 0. The van der Waals surface area contributed by atoms with E-state index in [1.807, 2.05) is 0 Å². The van der Waals surface area contributed by atoms with E-state index in [0.717, 1.165) is 44.3 Å². The van der Waals surface area contributed by atoms with Crippen molar-refractivity contribution in [2.45, 2.75) is 26.2 Å². The van der Waals surface area contributed by atoms with Gasteiger partial charge in [0.15, 0.2) is 0 Å². The van der Waals surface area contributed by atoms with Crippen LogP contribution in [0.15, 0.2) is 0 Å². The standard InChI is InChI=1S/C10H22O2S/c1-10(5-9-13)4-8-12-7-3-6-11-2/h10,13H,3-9H2,1-2H3. The minimum atomic E-state index is 0.736. The molecule has 0 bridgehead atoms. The van der Waals surface area contributed by atoms with Crippen molar-refractivity contribution in [2.24, 2.45) is 5.92 Å². The average molecular weight is 206 g/mol. The summed E-state index contributed by atoms with van der Waals surface area (Å²) in [5.74, 6) is 1.71. The quantitative estimate of drug-likeness (QED) is 0.461. The van der Waals surface area contributed by atoms with Crippen LogP contribution in [0.3, 0.4) is 0 Å². The maximum atomic E-state index is 5.45. The average Bonchev–Trinajstić information content (AvgIpc) is 2.11. The smallest absolute Gasteiger partial charge is 0.0487 e. The van der Waals surface area contributed by atoms with Crippen molar-refractivity contribution in [2.75, 3.05) is 32.7 Å². The van der Waals surface area contributed by atoms with Gasteiger partial charge in [-0.15, -0.1) is 0 Å². The SMILES string of the molecule is COCCCOCCC(C)CCS. The first kappa shape index (κ1) is 13.3. The highest BCUT2D eigenvalue weighted by atomic mass is 32.1. The van der Waals surface area contributed by atoms with E-state index >= 15 is 0 Å². The van der Waals surface area contributed by atoms with Crippen LogP contribution in [-0.2, 0) is 9.47 Å². The fourth-order valence-electron chi connectivity index (χ4n) is 1.06. The molecule has 13 heavy (non-hydrogen) atoms. The van der Waals surface area contributed by atoms with Gasteiger partial charge in [0.2, 0.25) is 0 Å². The predicted octanol–water partition coefficient (Wildman–Crippen LogP) is 2.39. The summed E-state index contributed by atoms with van der Waals surface area (Å²) in [6.45, 7) is 4.74. The van der Waals surface area contributed by atoms with Crippen LogP contribution in [0, 0.1) is 5.92 Å². The summed E-state index contributed by atoms with van der Waals surface area (Å²) in [7, 11) is 1.72. The third-order valence-electron chi connectivity index (χ3n) is 2.01. The molecule has 2 nitrogen and oxygen atoms in total. The molecule has 0 radical (unpaired) electrons. The van der Waals surface area contributed by atoms with E-state index < -0.39 is 0 Å². The third kappa shape index (κ3) is 10.2. The lowest BCUT2D eigenvalue weighted by atomic mass is 10.1. The molecule has 1 atom stereocenters. The molecule has 0 rings (SSSR count). The number of hydrogen-bond acceptors (Lipinski definition) is 3. The van der Waals surface area contributed by atoms with Crippen LogP contribution >= 0.6 is 12.6 Å². The highest BCUT2D eigenvalue weighted by molar-refractivity contribution is 7.80. The Morgan fingerprint density at radius 1 is 1.15 bits per heavy atom. The molecule has 0 saturated carbocycles. The molecule has 0 aromatic heterocycles. The summed E-state index contributed by atoms with van der Waals surface area (Å²) >= 11 is 4.19. The van der Waals surface area contributed by atoms with Crippen molar-refractivity contribution in [3.8, 4) is 0 Å². The van der Waals surface area contributed by atoms with Gasteiger partial charge in [-0.05, 0) is 30.9 Å². The monoisotopic (exact) mass is 206 g/mol. The molecule has 1 unspecified atom stereocenters. The third-order valence-corrected chi connectivity index (χ3v) is 2.27. The van der Waals surface area contributed by atoms with Gasteiger partial charge < -0.3 is 9.47 Å². The van der Waals surface area contributed by atoms with Gasteiger partial charge in [0.25, 0.3) is 0 Å². The molecular weight excluding hydrogens is 184 g/mol. The van der Waals surface area contributed by atoms with Gasteiger partial charge in [-0.25, -0.2) is 0 Å². The fourth-order valence-corrected chi connectivity index (χ4v) is 1.50. The summed E-state index contributed by atoms with van der Waals surface area (Å²) in [6.07, 6.45) is 3.33. The van der Waals surface area contributed by atoms with Crippen LogP contribution in [-0.4, -0.2) is 32.7 Å². The van der Waals surface area contributed by atoms with Crippen LogP contribution < -0.4 is 0 Å². The molecule has 0 aliphatic rings. The number of thiol groups is 1. The lowest BCUT2D eigenvalue weighted by Gasteiger charge is -2.09. The molecule has 0 saturated heterocycles. The zero-order valence-electron chi connectivity index (χ0n) is 8.79. The lowest BCUT2D eigenvalue weighted by molar-refractivity contribution is 0.0947. The molecule has 0 aliphatic heterocycles. The van der Waals surface area contributed by atoms with E-state index in [1.54, 1.807) is 7.11 Å². The molecule has 80 valence electrons. The second-order valence-electron chi connectivity index (χ2n) is 3.36. The van der Waals surface area contributed by atoms with E-state index in [0.29, 0.717) is 0 Å². The van der Waals surface area contributed by atoms with Gasteiger partial charge >= 0.3 is 0 Å². The van der Waals surface area contributed by atoms with E-state index in [1.165, 1.54) is 6.42 Å². The molecule has 3 heteroatoms. The van der Waals surface area contributed by atoms with E-state index in [-0.39, 0.29) is 0 Å². The van der Waals surface area contributed by atoms with Gasteiger partial charge in [-0.3, -0.25) is 0 Å². The van der Waals surface area contributed by atoms with Crippen molar-refractivity contribution >= 4 is 12.6 Å². The van der Waals surface area contributed by atoms with Crippen LogP contribution in [0.2, 0.25) is 0 Å². The van der Waals surface area contributed by atoms with Crippen molar-refractivity contribution in [3.63, 3.8) is 0 Å². The van der Waals surface area contributed by atoms with Crippen LogP contribution in [0.5, 0.6) is 0 Å². The normalized spacial score (nSPS) is 13.2. The first-order chi connectivity index (χ1) is 6.31. The number of methoxy groups -OCH3 is 1. The van der Waals surface area contributed by atoms with Gasteiger partial charge in [0.1, 0.15) is 0 Å². The molecule has 0 aromatic rings. The summed E-state index contributed by atoms with van der Waals surface area (Å²) in [5.41, 5.74) is 0. The van der Waals surface area contributed by atoms with Crippen molar-refractivity contribution in [1.82, 2.24) is 0 Å². The van der Waals surface area contributed by atoms with Gasteiger partial charge in [-0.1, -0.05) is 6.92 Å². The maximum Gasteiger partial charge on any atom is 0.0487 e. The second-order valence-corrected chi connectivity index (χ2v) is 3.81. The lowest BCUT2D eigenvalue weighted by Crippen LogP contribution is -2.05. The highest BCUT2D eigenvalue weighted by Gasteiger charge is 1.99. The second kappa shape index (κ2) is 10.4. The molecule has 0 amide bonds. The maximum absolute atomic E-state index is 5.45. The summed E-state index contributed by atoms with van der Waals surface area (Å²) in [4.78, 5) is 0. The van der Waals surface area contributed by atoms with E-state index in [2.05, 4.69) is 19.6 Å². The zero-order valence-corrected chi connectivity index (χ0v) is 9.69. The van der Waals surface area contributed by atoms with Crippen LogP contribution in [0.4, 0.5) is 0 Å². The predicted molar refractivity (Wildman–Crippen MR) is 59.6 cm³/mol. The Balaban J connectivity index is 2.97. The highest BCUT2D eigenvalue weighted by Crippen LogP contribution is 2.07. The largest absolute Gasteiger partial charge is 0.385 e. The van der Waals surface area contributed by atoms with E-state index in [4.69, 9.17) is 9.47 Å². The minimum absolute atomic E-state index is 0.736. The fraction of sp³-hybridized carbons (Fsp3) is 1.00. The molecule has 0 N–H and O–H groups in total. The number of ether oxygens (including phenoxy) is 2. The van der Waals surface area contributed by atoms with Gasteiger partial charge in [-0.2, -0.15) is 12.6 Å². The molecule has 0 spiro atoms. The van der Waals surface area contributed by atoms with Gasteiger partial charge in [0, 0.05) is 26.9 Å². The van der Waals surface area contributed by atoms with Crippen molar-refractivity contribution in [1.29, 1.82) is 0 Å². The Hall–Kier alpha value is 0.270. The molecule has 0 heterocycles. The Morgan fingerprint density at radius 2 is 1.92 bits per heavy atom. The van der Waals surface area contributed by atoms with Crippen molar-refractivity contribution in [3.05, 3.63) is 0 Å². The molecule has 0 aliphatic carbocycles. The number of rotatable bonds is 9. The minimum Gasteiger partial charge on any atom is -0.385 e. The first-order valence-corrected chi connectivity index (χ1v) is 5.62. The zero-order chi connectivity index (χ0) is 9.94. The Bertz CT molecular complexity index is 98.9. The van der Waals surface area contributed by atoms with Gasteiger partial charge in [0.05, 0.1) is 0 Å². The summed E-state index contributed by atoms with van der Waals surface area (Å²) < 4.78 is 10.4. The Kier molecular flexibility index (Phi) is 10.6. The Morgan fingerprint density at radius 3 is 2.54 bits per heavy atom. The van der Waals surface area contributed by atoms with Crippen LogP contribution in [0.1, 0.15) is 26.2 Å². The summed E-state index contributed by atoms with van der Waals surface area (Å²) in [5, 5.41) is 0. The first-order valence-electron chi connectivity index (χ1n) is 4.98. The molecular formula is C10H22O2S. The van der Waals surface area contributed by atoms with Crippen LogP contribution in [0.25, 0.3) is 0 Å². The number of hydrogen-bond donors (Lipinski definition) is 1. The topological polar surface area (TPSA) is 18.5 Å². The molecule has 0 aromatic carbocycles. The molecule has 0 fully saturated rings. The van der Waals surface area contributed by atoms with E-state index in [9.17, 15) is 0 Å². The van der Waals surface area contributed by atoms with Crippen molar-refractivity contribution < 1.29 is 9.47 Å².